The third kappa shape index (κ3) is 1.23. The van der Waals surface area contributed by atoms with E-state index < -0.39 is 0 Å². The number of rotatable bonds is 0. The Morgan fingerprint density at radius 3 is 3.27 bits per heavy atom. The topological polar surface area (TPSA) is 41.6 Å². The van der Waals surface area contributed by atoms with Crippen molar-refractivity contribution < 1.29 is 9.53 Å². The van der Waals surface area contributed by atoms with Crippen molar-refractivity contribution in [2.24, 2.45) is 0 Å². The maximum atomic E-state index is 11.1. The number of nitrogens with one attached hydrogen (secondary N) is 1. The molecule has 2 atom stereocenters. The van der Waals surface area contributed by atoms with Crippen molar-refractivity contribution in [1.29, 1.82) is 0 Å². The van der Waals surface area contributed by atoms with Crippen LogP contribution in [0, 0.1) is 0 Å². The molecule has 2 heterocycles. The second-order valence-corrected chi connectivity index (χ2v) is 3.21. The average molecular weight is 156 g/mol. The van der Waals surface area contributed by atoms with Crippen LogP contribution in [0.25, 0.3) is 0 Å². The summed E-state index contributed by atoms with van der Waals surface area (Å²) in [6.07, 6.45) is -0.0241. The summed E-state index contributed by atoms with van der Waals surface area (Å²) in [4.78, 5) is 13.2. The van der Waals surface area contributed by atoms with E-state index >= 15 is 0 Å². The number of ether oxygens (including phenoxy) is 1. The number of nitrogens with zero attached hydrogens (tertiary/aromatic N) is 1. The van der Waals surface area contributed by atoms with Crippen molar-refractivity contribution in [3.63, 3.8) is 0 Å². The maximum absolute atomic E-state index is 11.1. The second-order valence-electron chi connectivity index (χ2n) is 3.21. The van der Waals surface area contributed by atoms with Gasteiger partial charge >= 0.3 is 0 Å². The van der Waals surface area contributed by atoms with Gasteiger partial charge in [0.2, 0.25) is 0 Å². The van der Waals surface area contributed by atoms with E-state index in [2.05, 4.69) is 10.2 Å². The first-order valence-electron chi connectivity index (χ1n) is 3.87. The standard InChI is InChI=1S/C7H12N2O2/c1-9-3-5-2-8-7(10)6(4-9)11-5/h5-6H,2-4H2,1H3,(H,8,10)/t5-,6-/m1/s1. The molecule has 0 spiro atoms. The molecule has 1 amide bonds. The summed E-state index contributed by atoms with van der Waals surface area (Å²) < 4.78 is 5.45. The van der Waals surface area contributed by atoms with E-state index in [-0.39, 0.29) is 18.1 Å². The smallest absolute Gasteiger partial charge is 0.250 e. The zero-order chi connectivity index (χ0) is 7.84. The minimum Gasteiger partial charge on any atom is -0.361 e. The predicted molar refractivity (Wildman–Crippen MR) is 39.2 cm³/mol. The lowest BCUT2D eigenvalue weighted by Crippen LogP contribution is -2.60. The van der Waals surface area contributed by atoms with Gasteiger partial charge in [-0.1, -0.05) is 0 Å². The van der Waals surface area contributed by atoms with Gasteiger partial charge in [-0.25, -0.2) is 0 Å². The van der Waals surface area contributed by atoms with Crippen LogP contribution in [0.5, 0.6) is 0 Å². The molecule has 2 aliphatic heterocycles. The van der Waals surface area contributed by atoms with Crippen LogP contribution < -0.4 is 5.32 Å². The summed E-state index contributed by atoms with van der Waals surface area (Å²) in [5.41, 5.74) is 0. The Morgan fingerprint density at radius 2 is 2.45 bits per heavy atom. The zero-order valence-electron chi connectivity index (χ0n) is 6.54. The van der Waals surface area contributed by atoms with Gasteiger partial charge in [-0.2, -0.15) is 0 Å². The van der Waals surface area contributed by atoms with Crippen LogP contribution in [0.2, 0.25) is 0 Å². The Labute approximate surface area is 65.5 Å². The number of amides is 1. The molecule has 2 rings (SSSR count). The number of fused-ring (bicyclic) bond motifs is 2. The van der Waals surface area contributed by atoms with Crippen molar-refractivity contribution in [3.05, 3.63) is 0 Å². The van der Waals surface area contributed by atoms with Gasteiger partial charge in [-0.3, -0.25) is 4.79 Å². The predicted octanol–water partition coefficient (Wildman–Crippen LogP) is -1.18. The minimum atomic E-state index is -0.229. The number of carbonyl (C=O) groups excluding carboxylic acids is 1. The van der Waals surface area contributed by atoms with Crippen molar-refractivity contribution >= 4 is 5.91 Å². The third-order valence-corrected chi connectivity index (χ3v) is 2.15. The molecule has 0 aromatic rings. The van der Waals surface area contributed by atoms with Crippen molar-refractivity contribution in [1.82, 2.24) is 10.2 Å². The summed E-state index contributed by atoms with van der Waals surface area (Å²) in [5, 5.41) is 2.81. The molecule has 0 saturated carbocycles. The highest BCUT2D eigenvalue weighted by Crippen LogP contribution is 2.12. The van der Waals surface area contributed by atoms with Crippen LogP contribution in [-0.4, -0.2) is 49.7 Å². The highest BCUT2D eigenvalue weighted by molar-refractivity contribution is 5.81. The maximum Gasteiger partial charge on any atom is 0.250 e. The fraction of sp³-hybridized carbons (Fsp3) is 0.857. The van der Waals surface area contributed by atoms with E-state index in [1.54, 1.807) is 0 Å². The van der Waals surface area contributed by atoms with Crippen molar-refractivity contribution in [3.8, 4) is 0 Å². The Hall–Kier alpha value is -0.610. The van der Waals surface area contributed by atoms with E-state index in [1.807, 2.05) is 7.05 Å². The molecule has 1 N–H and O–H groups in total. The Balaban J connectivity index is 2.08. The summed E-state index contributed by atoms with van der Waals surface area (Å²) in [7, 11) is 2.02. The molecular weight excluding hydrogens is 144 g/mol. The molecule has 2 saturated heterocycles. The summed E-state index contributed by atoms with van der Waals surface area (Å²) in [6.45, 7) is 2.32. The van der Waals surface area contributed by atoms with Crippen LogP contribution in [0.1, 0.15) is 0 Å². The number of likely N-dealkylation sites (N-methyl/N-ethyl adjacent to an activating group) is 1. The normalized spacial score (nSPS) is 38.5. The molecule has 4 heteroatoms. The molecule has 2 fully saturated rings. The highest BCUT2D eigenvalue weighted by atomic mass is 16.5. The monoisotopic (exact) mass is 156 g/mol. The molecule has 0 unspecified atom stereocenters. The van der Waals surface area contributed by atoms with Gasteiger partial charge in [0.15, 0.2) is 0 Å². The first-order valence-corrected chi connectivity index (χ1v) is 3.87. The molecule has 0 radical (unpaired) electrons. The van der Waals surface area contributed by atoms with E-state index in [0.717, 1.165) is 13.1 Å². The van der Waals surface area contributed by atoms with Crippen LogP contribution in [-0.2, 0) is 9.53 Å². The third-order valence-electron chi connectivity index (χ3n) is 2.15. The lowest BCUT2D eigenvalue weighted by atomic mass is 10.1. The van der Waals surface area contributed by atoms with Gasteiger partial charge in [-0.15, -0.1) is 0 Å². The molecule has 11 heavy (non-hydrogen) atoms. The SMILES string of the molecule is CN1C[C@H]2CNC(=O)[C@@H](C1)O2. The number of carbonyl (C=O) groups is 1. The number of hydrogen-bond acceptors (Lipinski definition) is 3. The number of morpholine rings is 2. The molecule has 0 aliphatic carbocycles. The molecule has 2 aliphatic rings. The minimum absolute atomic E-state index is 0.0350. The summed E-state index contributed by atoms with van der Waals surface area (Å²) in [6, 6.07) is 0. The van der Waals surface area contributed by atoms with Crippen LogP contribution >= 0.6 is 0 Å². The molecule has 0 aromatic heterocycles. The molecule has 0 aromatic carbocycles. The number of hydrogen-bond donors (Lipinski definition) is 1. The quantitative estimate of drug-likeness (QED) is 0.480. The first kappa shape index (κ1) is 7.06. The van der Waals surface area contributed by atoms with Crippen LogP contribution in [0.3, 0.4) is 0 Å². The zero-order valence-corrected chi connectivity index (χ0v) is 6.54. The first-order chi connectivity index (χ1) is 5.25. The van der Waals surface area contributed by atoms with E-state index in [1.165, 1.54) is 0 Å². The highest BCUT2D eigenvalue weighted by Gasteiger charge is 2.34. The molecular formula is C7H12N2O2. The van der Waals surface area contributed by atoms with Gasteiger partial charge in [0.25, 0.3) is 5.91 Å². The van der Waals surface area contributed by atoms with Gasteiger partial charge in [-0.05, 0) is 7.05 Å². The summed E-state index contributed by atoms with van der Waals surface area (Å²) >= 11 is 0. The van der Waals surface area contributed by atoms with E-state index in [0.29, 0.717) is 6.54 Å². The Morgan fingerprint density at radius 1 is 1.64 bits per heavy atom. The fourth-order valence-electron chi connectivity index (χ4n) is 1.61. The van der Waals surface area contributed by atoms with Gasteiger partial charge in [0, 0.05) is 19.6 Å². The lowest BCUT2D eigenvalue weighted by Gasteiger charge is -2.39. The lowest BCUT2D eigenvalue weighted by molar-refractivity contribution is -0.155. The fourth-order valence-corrected chi connectivity index (χ4v) is 1.61. The molecule has 4 nitrogen and oxygen atoms in total. The van der Waals surface area contributed by atoms with Crippen LogP contribution in [0.15, 0.2) is 0 Å². The van der Waals surface area contributed by atoms with Gasteiger partial charge in [0.05, 0.1) is 6.10 Å². The van der Waals surface area contributed by atoms with Gasteiger partial charge < -0.3 is 15.0 Å². The second kappa shape index (κ2) is 2.46. The Kier molecular flexibility index (Phi) is 1.58. The molecule has 62 valence electrons. The average Bonchev–Trinajstić information content (AvgIpc) is 1.97. The largest absolute Gasteiger partial charge is 0.361 e. The van der Waals surface area contributed by atoms with Crippen LogP contribution in [0.4, 0.5) is 0 Å². The van der Waals surface area contributed by atoms with Gasteiger partial charge in [0.1, 0.15) is 6.10 Å². The summed E-state index contributed by atoms with van der Waals surface area (Å²) in [5.74, 6) is 0.0350. The molecule has 2 bridgehead atoms. The van der Waals surface area contributed by atoms with E-state index in [9.17, 15) is 4.79 Å². The van der Waals surface area contributed by atoms with Crippen molar-refractivity contribution in [2.45, 2.75) is 12.2 Å². The van der Waals surface area contributed by atoms with E-state index in [4.69, 9.17) is 4.74 Å². The Bertz CT molecular complexity index is 181. The van der Waals surface area contributed by atoms with Crippen molar-refractivity contribution in [2.75, 3.05) is 26.7 Å².